The van der Waals surface area contributed by atoms with Gasteiger partial charge in [0.05, 0.1) is 0 Å². The van der Waals surface area contributed by atoms with Crippen LogP contribution in [-0.4, -0.2) is 27.5 Å². The lowest BCUT2D eigenvalue weighted by Crippen LogP contribution is -2.11. The number of hydrogen-bond acceptors (Lipinski definition) is 4. The highest BCUT2D eigenvalue weighted by atomic mass is 32.3. The molecule has 14 heavy (non-hydrogen) atoms. The van der Waals surface area contributed by atoms with Crippen LogP contribution in [0.15, 0.2) is 11.0 Å². The van der Waals surface area contributed by atoms with E-state index in [4.69, 9.17) is 17.5 Å². The fourth-order valence-electron chi connectivity index (χ4n) is 0.544. The van der Waals surface area contributed by atoms with Gasteiger partial charge < -0.3 is 4.98 Å². The molecule has 8 heteroatoms. The molecule has 1 heterocycles. The first kappa shape index (κ1) is 12.8. The first-order valence-electron chi connectivity index (χ1n) is 3.42. The largest absolute Gasteiger partial charge is 0.394 e. The smallest absolute Gasteiger partial charge is 0.310 e. The molecule has 0 fully saturated rings. The summed E-state index contributed by atoms with van der Waals surface area (Å²) in [5.74, 6) is 0. The molecule has 0 amide bonds. The number of aromatic amines is 1. The molecule has 0 aromatic carbocycles. The van der Waals surface area contributed by atoms with Crippen LogP contribution in [0.4, 0.5) is 0 Å². The molecule has 80 valence electrons. The Hall–Kier alpha value is -1.25. The molecular formula is C6H10N2O5S. The second-order valence-corrected chi connectivity index (χ2v) is 3.34. The van der Waals surface area contributed by atoms with E-state index in [1.54, 1.807) is 6.20 Å². The standard InChI is InChI=1S/C6H8N2O.H2O4S/c1-4-3-7-6(9)8-5(4)2;1-5(2,3)4/h3H,1-2H3,(H,7,8,9);(H2,1,2,3,4). The van der Waals surface area contributed by atoms with E-state index < -0.39 is 10.4 Å². The Kier molecular flexibility index (Phi) is 4.41. The molecule has 0 aliphatic rings. The van der Waals surface area contributed by atoms with Gasteiger partial charge in [0.2, 0.25) is 0 Å². The van der Waals surface area contributed by atoms with Crippen molar-refractivity contribution in [2.45, 2.75) is 13.8 Å². The zero-order valence-corrected chi connectivity index (χ0v) is 8.37. The van der Waals surface area contributed by atoms with Crippen molar-refractivity contribution < 1.29 is 17.5 Å². The molecule has 1 aromatic heterocycles. The van der Waals surface area contributed by atoms with Gasteiger partial charge in [-0.15, -0.1) is 0 Å². The van der Waals surface area contributed by atoms with Gasteiger partial charge in [-0.3, -0.25) is 9.11 Å². The molecular weight excluding hydrogens is 212 g/mol. The number of nitrogens with one attached hydrogen (secondary N) is 1. The van der Waals surface area contributed by atoms with Crippen molar-refractivity contribution >= 4 is 10.4 Å². The first-order chi connectivity index (χ1) is 6.20. The summed E-state index contributed by atoms with van der Waals surface area (Å²) in [6, 6.07) is 0. The molecule has 0 aliphatic heterocycles. The Morgan fingerprint density at radius 3 is 2.07 bits per heavy atom. The molecule has 0 spiro atoms. The van der Waals surface area contributed by atoms with Crippen LogP contribution in [0.2, 0.25) is 0 Å². The van der Waals surface area contributed by atoms with E-state index in [9.17, 15) is 4.79 Å². The van der Waals surface area contributed by atoms with Gasteiger partial charge in [-0.1, -0.05) is 0 Å². The molecule has 0 atom stereocenters. The summed E-state index contributed by atoms with van der Waals surface area (Å²) in [7, 11) is -4.67. The van der Waals surface area contributed by atoms with Gasteiger partial charge in [0.15, 0.2) is 0 Å². The highest BCUT2D eigenvalue weighted by Gasteiger charge is 1.90. The van der Waals surface area contributed by atoms with Crippen molar-refractivity contribution in [2.24, 2.45) is 0 Å². The van der Waals surface area contributed by atoms with E-state index in [0.29, 0.717) is 0 Å². The maximum atomic E-state index is 10.5. The molecule has 1 rings (SSSR count). The Morgan fingerprint density at radius 2 is 1.79 bits per heavy atom. The minimum Gasteiger partial charge on any atom is -0.310 e. The Morgan fingerprint density at radius 1 is 1.36 bits per heavy atom. The lowest BCUT2D eigenvalue weighted by Gasteiger charge is -1.93. The average Bonchev–Trinajstić information content (AvgIpc) is 1.94. The third-order valence-corrected chi connectivity index (χ3v) is 1.26. The third kappa shape index (κ3) is 7.40. The summed E-state index contributed by atoms with van der Waals surface area (Å²) >= 11 is 0. The van der Waals surface area contributed by atoms with Crippen LogP contribution < -0.4 is 5.69 Å². The molecule has 0 saturated heterocycles. The predicted molar refractivity (Wildman–Crippen MR) is 48.5 cm³/mol. The second-order valence-electron chi connectivity index (χ2n) is 2.44. The maximum absolute atomic E-state index is 10.5. The number of nitrogens with zero attached hydrogens (tertiary/aromatic N) is 1. The van der Waals surface area contributed by atoms with E-state index in [-0.39, 0.29) is 5.69 Å². The van der Waals surface area contributed by atoms with Crippen LogP contribution in [0.5, 0.6) is 0 Å². The molecule has 0 radical (unpaired) electrons. The van der Waals surface area contributed by atoms with E-state index >= 15 is 0 Å². The fraction of sp³-hybridized carbons (Fsp3) is 0.333. The van der Waals surface area contributed by atoms with Gasteiger partial charge in [0, 0.05) is 11.9 Å². The summed E-state index contributed by atoms with van der Waals surface area (Å²) < 4.78 is 31.6. The van der Waals surface area contributed by atoms with Crippen LogP contribution in [0, 0.1) is 13.8 Å². The summed E-state index contributed by atoms with van der Waals surface area (Å²) in [6.45, 7) is 3.75. The lowest BCUT2D eigenvalue weighted by atomic mass is 10.3. The van der Waals surface area contributed by atoms with Crippen LogP contribution in [0.1, 0.15) is 11.3 Å². The number of aryl methyl sites for hydroxylation is 2. The summed E-state index contributed by atoms with van der Waals surface area (Å²) in [5.41, 5.74) is 1.61. The van der Waals surface area contributed by atoms with Gasteiger partial charge in [0.1, 0.15) is 0 Å². The van der Waals surface area contributed by atoms with Gasteiger partial charge in [0.25, 0.3) is 0 Å². The molecule has 7 nitrogen and oxygen atoms in total. The van der Waals surface area contributed by atoms with E-state index in [1.165, 1.54) is 0 Å². The zero-order chi connectivity index (χ0) is 11.4. The number of H-pyrrole nitrogens is 1. The van der Waals surface area contributed by atoms with Crippen LogP contribution in [0.25, 0.3) is 0 Å². The van der Waals surface area contributed by atoms with Crippen LogP contribution in [-0.2, 0) is 10.4 Å². The SMILES string of the molecule is Cc1cnc(=O)[nH]c1C.O=S(=O)(O)O. The maximum Gasteiger partial charge on any atom is 0.394 e. The molecule has 0 bridgehead atoms. The fourth-order valence-corrected chi connectivity index (χ4v) is 0.544. The topological polar surface area (TPSA) is 120 Å². The van der Waals surface area contributed by atoms with Crippen molar-refractivity contribution in [1.29, 1.82) is 0 Å². The van der Waals surface area contributed by atoms with Crippen molar-refractivity contribution in [3.05, 3.63) is 27.9 Å². The zero-order valence-electron chi connectivity index (χ0n) is 7.55. The minimum atomic E-state index is -4.67. The van der Waals surface area contributed by atoms with Gasteiger partial charge >= 0.3 is 16.1 Å². The van der Waals surface area contributed by atoms with Crippen LogP contribution >= 0.6 is 0 Å². The van der Waals surface area contributed by atoms with Crippen molar-refractivity contribution in [2.75, 3.05) is 0 Å². The Bertz CT molecular complexity index is 442. The van der Waals surface area contributed by atoms with Crippen molar-refractivity contribution in [3.8, 4) is 0 Å². The van der Waals surface area contributed by atoms with E-state index in [2.05, 4.69) is 9.97 Å². The first-order valence-corrected chi connectivity index (χ1v) is 4.82. The van der Waals surface area contributed by atoms with Crippen molar-refractivity contribution in [1.82, 2.24) is 9.97 Å². The Labute approximate surface area is 80.4 Å². The minimum absolute atomic E-state index is 0.280. The van der Waals surface area contributed by atoms with E-state index in [0.717, 1.165) is 11.3 Å². The highest BCUT2D eigenvalue weighted by molar-refractivity contribution is 7.79. The summed E-state index contributed by atoms with van der Waals surface area (Å²) in [6.07, 6.45) is 1.56. The molecule has 0 aliphatic carbocycles. The molecule has 0 unspecified atom stereocenters. The Balaban J connectivity index is 0.000000292. The number of rotatable bonds is 0. The third-order valence-electron chi connectivity index (χ3n) is 1.26. The van der Waals surface area contributed by atoms with E-state index in [1.807, 2.05) is 13.8 Å². The summed E-state index contributed by atoms with van der Waals surface area (Å²) in [4.78, 5) is 16.6. The number of hydrogen-bond donors (Lipinski definition) is 3. The lowest BCUT2D eigenvalue weighted by molar-refractivity contribution is 0.381. The average molecular weight is 222 g/mol. The molecule has 0 saturated carbocycles. The summed E-state index contributed by atoms with van der Waals surface area (Å²) in [5, 5.41) is 0. The second kappa shape index (κ2) is 4.84. The number of aromatic nitrogens is 2. The van der Waals surface area contributed by atoms with Gasteiger partial charge in [-0.05, 0) is 19.4 Å². The predicted octanol–water partition coefficient (Wildman–Crippen LogP) is -0.266. The quantitative estimate of drug-likeness (QED) is 0.520. The molecule has 3 N–H and O–H groups in total. The van der Waals surface area contributed by atoms with Gasteiger partial charge in [-0.2, -0.15) is 8.42 Å². The van der Waals surface area contributed by atoms with Crippen molar-refractivity contribution in [3.63, 3.8) is 0 Å². The van der Waals surface area contributed by atoms with Gasteiger partial charge in [-0.25, -0.2) is 9.78 Å². The normalized spacial score (nSPS) is 10.3. The van der Waals surface area contributed by atoms with Crippen LogP contribution in [0.3, 0.4) is 0 Å². The highest BCUT2D eigenvalue weighted by Crippen LogP contribution is 1.93. The monoisotopic (exact) mass is 222 g/mol. The molecule has 1 aromatic rings.